The average Bonchev–Trinajstić information content (AvgIpc) is 2.66. The summed E-state index contributed by atoms with van der Waals surface area (Å²) in [4.78, 5) is 3.61. The standard InChI is InChI=1S/C14H19F3N2O/c15-14(16,17)12-8-7-10(9-18)13(19-12)20-11-5-3-1-2-4-6-11/h7-8,11H,1-6,9,18H2. The quantitative estimate of drug-likeness (QED) is 0.863. The molecule has 1 aromatic rings. The summed E-state index contributed by atoms with van der Waals surface area (Å²) in [6.45, 7) is 0.118. The van der Waals surface area contributed by atoms with E-state index in [1.807, 2.05) is 0 Å². The highest BCUT2D eigenvalue weighted by Gasteiger charge is 2.33. The van der Waals surface area contributed by atoms with Crippen LogP contribution in [-0.2, 0) is 12.7 Å². The summed E-state index contributed by atoms with van der Waals surface area (Å²) in [7, 11) is 0. The van der Waals surface area contributed by atoms with Crippen molar-refractivity contribution in [2.75, 3.05) is 0 Å². The number of halogens is 3. The Kier molecular flexibility index (Phi) is 4.86. The fraction of sp³-hybridized carbons (Fsp3) is 0.643. The van der Waals surface area contributed by atoms with Gasteiger partial charge in [-0.05, 0) is 31.7 Å². The molecule has 0 bridgehead atoms. The predicted octanol–water partition coefficient (Wildman–Crippen LogP) is 3.66. The Morgan fingerprint density at radius 2 is 1.80 bits per heavy atom. The monoisotopic (exact) mass is 288 g/mol. The molecule has 0 atom stereocenters. The number of ether oxygens (including phenoxy) is 1. The smallest absolute Gasteiger partial charge is 0.433 e. The van der Waals surface area contributed by atoms with Crippen LogP contribution in [0.4, 0.5) is 13.2 Å². The maximum absolute atomic E-state index is 12.7. The third-order valence-electron chi connectivity index (χ3n) is 3.53. The summed E-state index contributed by atoms with van der Waals surface area (Å²) in [5.74, 6) is 0.0363. The number of rotatable bonds is 3. The Morgan fingerprint density at radius 1 is 1.15 bits per heavy atom. The second-order valence-corrected chi connectivity index (χ2v) is 5.09. The maximum Gasteiger partial charge on any atom is 0.433 e. The van der Waals surface area contributed by atoms with Crippen molar-refractivity contribution in [3.8, 4) is 5.88 Å². The van der Waals surface area contributed by atoms with E-state index < -0.39 is 11.9 Å². The van der Waals surface area contributed by atoms with Gasteiger partial charge in [-0.1, -0.05) is 18.9 Å². The van der Waals surface area contributed by atoms with Crippen LogP contribution in [0, 0.1) is 0 Å². The third kappa shape index (κ3) is 3.85. The fourth-order valence-corrected chi connectivity index (χ4v) is 2.40. The van der Waals surface area contributed by atoms with Crippen molar-refractivity contribution < 1.29 is 17.9 Å². The number of hydrogen-bond acceptors (Lipinski definition) is 3. The molecule has 0 radical (unpaired) electrons. The summed E-state index contributed by atoms with van der Waals surface area (Å²) in [6, 6.07) is 2.30. The molecule has 1 aliphatic carbocycles. The zero-order valence-corrected chi connectivity index (χ0v) is 11.2. The zero-order valence-electron chi connectivity index (χ0n) is 11.2. The van der Waals surface area contributed by atoms with Gasteiger partial charge >= 0.3 is 6.18 Å². The first-order chi connectivity index (χ1) is 9.50. The van der Waals surface area contributed by atoms with Crippen molar-refractivity contribution >= 4 is 0 Å². The average molecular weight is 288 g/mol. The van der Waals surface area contributed by atoms with Crippen LogP contribution in [0.2, 0.25) is 0 Å². The summed E-state index contributed by atoms with van der Waals surface area (Å²) >= 11 is 0. The number of alkyl halides is 3. The molecule has 20 heavy (non-hydrogen) atoms. The molecule has 6 heteroatoms. The van der Waals surface area contributed by atoms with E-state index in [4.69, 9.17) is 10.5 Å². The van der Waals surface area contributed by atoms with E-state index in [1.54, 1.807) is 0 Å². The summed E-state index contributed by atoms with van der Waals surface area (Å²) < 4.78 is 43.8. The van der Waals surface area contributed by atoms with E-state index in [9.17, 15) is 13.2 Å². The van der Waals surface area contributed by atoms with Crippen molar-refractivity contribution in [3.05, 3.63) is 23.4 Å². The predicted molar refractivity (Wildman–Crippen MR) is 69.2 cm³/mol. The zero-order chi connectivity index (χ0) is 14.6. The first kappa shape index (κ1) is 15.1. The topological polar surface area (TPSA) is 48.1 Å². The minimum atomic E-state index is -4.46. The van der Waals surface area contributed by atoms with Gasteiger partial charge in [-0.3, -0.25) is 0 Å². The highest BCUT2D eigenvalue weighted by Crippen LogP contribution is 2.31. The molecule has 1 fully saturated rings. The molecule has 1 aromatic heterocycles. The Bertz CT molecular complexity index is 441. The molecular weight excluding hydrogens is 269 g/mol. The SMILES string of the molecule is NCc1ccc(C(F)(F)F)nc1OC1CCCCCC1. The van der Waals surface area contributed by atoms with E-state index in [0.29, 0.717) is 5.56 Å². The van der Waals surface area contributed by atoms with E-state index in [-0.39, 0.29) is 18.5 Å². The molecule has 2 N–H and O–H groups in total. The van der Waals surface area contributed by atoms with Crippen molar-refractivity contribution in [2.45, 2.75) is 57.3 Å². The third-order valence-corrected chi connectivity index (χ3v) is 3.53. The molecule has 0 amide bonds. The van der Waals surface area contributed by atoms with Crippen molar-refractivity contribution in [2.24, 2.45) is 5.73 Å². The molecule has 1 saturated carbocycles. The second-order valence-electron chi connectivity index (χ2n) is 5.09. The fourth-order valence-electron chi connectivity index (χ4n) is 2.40. The highest BCUT2D eigenvalue weighted by atomic mass is 19.4. The van der Waals surface area contributed by atoms with Gasteiger partial charge in [0.15, 0.2) is 0 Å². The number of nitrogens with zero attached hydrogens (tertiary/aromatic N) is 1. The molecule has 0 aliphatic heterocycles. The largest absolute Gasteiger partial charge is 0.474 e. The van der Waals surface area contributed by atoms with Crippen LogP contribution in [0.1, 0.15) is 49.8 Å². The van der Waals surface area contributed by atoms with Crippen molar-refractivity contribution in [1.82, 2.24) is 4.98 Å². The molecule has 2 rings (SSSR count). The van der Waals surface area contributed by atoms with Crippen molar-refractivity contribution in [3.63, 3.8) is 0 Å². The summed E-state index contributed by atoms with van der Waals surface area (Å²) in [5.41, 5.74) is 5.13. The minimum absolute atomic E-state index is 0.0363. The van der Waals surface area contributed by atoms with Crippen LogP contribution < -0.4 is 10.5 Å². The molecule has 0 saturated heterocycles. The lowest BCUT2D eigenvalue weighted by Crippen LogP contribution is -2.19. The Hall–Kier alpha value is -1.30. The van der Waals surface area contributed by atoms with Crippen LogP contribution >= 0.6 is 0 Å². The van der Waals surface area contributed by atoms with E-state index in [2.05, 4.69) is 4.98 Å². The first-order valence-electron chi connectivity index (χ1n) is 6.94. The van der Waals surface area contributed by atoms with Gasteiger partial charge in [0.2, 0.25) is 5.88 Å². The molecular formula is C14H19F3N2O. The van der Waals surface area contributed by atoms with Gasteiger partial charge in [0.05, 0.1) is 0 Å². The Labute approximate surface area is 116 Å². The van der Waals surface area contributed by atoms with Crippen molar-refractivity contribution in [1.29, 1.82) is 0 Å². The van der Waals surface area contributed by atoms with E-state index >= 15 is 0 Å². The molecule has 3 nitrogen and oxygen atoms in total. The molecule has 1 aliphatic rings. The van der Waals surface area contributed by atoms with Gasteiger partial charge in [0.25, 0.3) is 0 Å². The lowest BCUT2D eigenvalue weighted by molar-refractivity contribution is -0.141. The van der Waals surface area contributed by atoms with Crippen LogP contribution in [0.25, 0.3) is 0 Å². The minimum Gasteiger partial charge on any atom is -0.474 e. The Balaban J connectivity index is 2.19. The molecule has 0 unspecified atom stereocenters. The normalized spacial score (nSPS) is 17.8. The van der Waals surface area contributed by atoms with Gasteiger partial charge in [-0.15, -0.1) is 0 Å². The second kappa shape index (κ2) is 6.43. The lowest BCUT2D eigenvalue weighted by Gasteiger charge is -2.19. The molecule has 0 spiro atoms. The maximum atomic E-state index is 12.7. The summed E-state index contributed by atoms with van der Waals surface area (Å²) in [5, 5.41) is 0. The van der Waals surface area contributed by atoms with Crippen LogP contribution in [-0.4, -0.2) is 11.1 Å². The van der Waals surface area contributed by atoms with Gasteiger partial charge in [-0.2, -0.15) is 13.2 Å². The van der Waals surface area contributed by atoms with E-state index in [1.165, 1.54) is 6.07 Å². The number of nitrogens with two attached hydrogens (primary N) is 1. The molecule has 1 heterocycles. The van der Waals surface area contributed by atoms with E-state index in [0.717, 1.165) is 44.6 Å². The van der Waals surface area contributed by atoms with Gasteiger partial charge in [0.1, 0.15) is 11.8 Å². The molecule has 0 aromatic carbocycles. The van der Waals surface area contributed by atoms with Gasteiger partial charge in [-0.25, -0.2) is 4.98 Å². The van der Waals surface area contributed by atoms with Crippen LogP contribution in [0.15, 0.2) is 12.1 Å². The van der Waals surface area contributed by atoms with Crippen LogP contribution in [0.5, 0.6) is 5.88 Å². The van der Waals surface area contributed by atoms with Crippen LogP contribution in [0.3, 0.4) is 0 Å². The lowest BCUT2D eigenvalue weighted by atomic mass is 10.1. The van der Waals surface area contributed by atoms with Gasteiger partial charge in [0, 0.05) is 12.1 Å². The number of aromatic nitrogens is 1. The number of hydrogen-bond donors (Lipinski definition) is 1. The Morgan fingerprint density at radius 3 is 2.35 bits per heavy atom. The van der Waals surface area contributed by atoms with Gasteiger partial charge < -0.3 is 10.5 Å². The number of pyridine rings is 1. The molecule has 112 valence electrons. The summed E-state index contributed by atoms with van der Waals surface area (Å²) in [6.07, 6.45) is 1.60. The first-order valence-corrected chi connectivity index (χ1v) is 6.94. The highest BCUT2D eigenvalue weighted by molar-refractivity contribution is 5.29.